The van der Waals surface area contributed by atoms with Crippen LogP contribution in [-0.4, -0.2) is 16.5 Å². The minimum Gasteiger partial charge on any atom is -0.299 e. The average molecular weight is 278 g/mol. The predicted octanol–water partition coefficient (Wildman–Crippen LogP) is 3.56. The van der Waals surface area contributed by atoms with E-state index in [0.717, 1.165) is 17.7 Å². The summed E-state index contributed by atoms with van der Waals surface area (Å²) >= 11 is 0. The molecule has 3 nitrogen and oxygen atoms in total. The third-order valence-corrected chi connectivity index (χ3v) is 3.84. The van der Waals surface area contributed by atoms with Crippen LogP contribution >= 0.6 is 0 Å². The Kier molecular flexibility index (Phi) is 4.20. The first-order valence-corrected chi connectivity index (χ1v) is 7.29. The molecule has 1 saturated carbocycles. The van der Waals surface area contributed by atoms with Gasteiger partial charge in [0.15, 0.2) is 0 Å². The second kappa shape index (κ2) is 6.44. The van der Waals surface area contributed by atoms with Gasteiger partial charge in [-0.1, -0.05) is 36.4 Å². The second-order valence-electron chi connectivity index (χ2n) is 5.48. The maximum Gasteiger partial charge on any atom is 0.139 e. The Morgan fingerprint density at radius 3 is 2.71 bits per heavy atom. The lowest BCUT2D eigenvalue weighted by molar-refractivity contribution is -0.118. The van der Waals surface area contributed by atoms with Crippen LogP contribution in [0.15, 0.2) is 59.9 Å². The minimum atomic E-state index is 0.278. The van der Waals surface area contributed by atoms with Crippen molar-refractivity contribution in [2.45, 2.75) is 31.7 Å². The fourth-order valence-corrected chi connectivity index (χ4v) is 2.78. The van der Waals surface area contributed by atoms with E-state index in [1.165, 1.54) is 5.56 Å². The Morgan fingerprint density at radius 1 is 1.10 bits per heavy atom. The predicted molar refractivity (Wildman–Crippen MR) is 83.4 cm³/mol. The van der Waals surface area contributed by atoms with Crippen LogP contribution in [0.1, 0.15) is 36.3 Å². The number of nitrogens with zero attached hydrogens (tertiary/aromatic N) is 2. The fourth-order valence-electron chi connectivity index (χ4n) is 2.78. The average Bonchev–Trinajstić information content (AvgIpc) is 2.54. The largest absolute Gasteiger partial charge is 0.299 e. The molecule has 1 fully saturated rings. The highest BCUT2D eigenvalue weighted by Crippen LogP contribution is 2.29. The topological polar surface area (TPSA) is 42.3 Å². The number of hydrogen-bond acceptors (Lipinski definition) is 3. The molecule has 3 rings (SSSR count). The number of aliphatic imine (C=N–C) groups is 1. The molecule has 0 aliphatic heterocycles. The normalized spacial score (nSPS) is 20.7. The van der Waals surface area contributed by atoms with Gasteiger partial charge in [0.25, 0.3) is 0 Å². The smallest absolute Gasteiger partial charge is 0.139 e. The van der Waals surface area contributed by atoms with Crippen LogP contribution in [-0.2, 0) is 11.3 Å². The van der Waals surface area contributed by atoms with Crippen LogP contribution in [0.3, 0.4) is 0 Å². The highest BCUT2D eigenvalue weighted by atomic mass is 16.1. The Balaban J connectivity index is 1.73. The third kappa shape index (κ3) is 3.63. The van der Waals surface area contributed by atoms with Crippen molar-refractivity contribution >= 4 is 11.5 Å². The molecular weight excluding hydrogens is 260 g/mol. The molecule has 1 atom stereocenters. The van der Waals surface area contributed by atoms with Crippen LogP contribution in [0.2, 0.25) is 0 Å². The molecule has 106 valence electrons. The lowest BCUT2D eigenvalue weighted by Gasteiger charge is -2.23. The van der Waals surface area contributed by atoms with Gasteiger partial charge >= 0.3 is 0 Å². The zero-order valence-corrected chi connectivity index (χ0v) is 11.9. The van der Waals surface area contributed by atoms with Crippen molar-refractivity contribution in [1.29, 1.82) is 0 Å². The first kappa shape index (κ1) is 13.7. The summed E-state index contributed by atoms with van der Waals surface area (Å²) in [5.41, 5.74) is 3.34. The van der Waals surface area contributed by atoms with E-state index >= 15 is 0 Å². The molecule has 0 amide bonds. The first-order valence-electron chi connectivity index (χ1n) is 7.29. The molecule has 0 N–H and O–H groups in total. The SMILES string of the molecule is O=C1CC(=NCc2cccnc2)C[C@H](c2ccccc2)C1. The summed E-state index contributed by atoms with van der Waals surface area (Å²) in [5, 5.41) is 0. The Labute approximate surface area is 124 Å². The van der Waals surface area contributed by atoms with Gasteiger partial charge in [0.05, 0.1) is 6.54 Å². The van der Waals surface area contributed by atoms with E-state index in [9.17, 15) is 4.79 Å². The first-order chi connectivity index (χ1) is 10.3. The molecule has 2 aromatic rings. The lowest BCUT2D eigenvalue weighted by Crippen LogP contribution is -2.21. The van der Waals surface area contributed by atoms with Crippen molar-refractivity contribution in [1.82, 2.24) is 4.98 Å². The number of rotatable bonds is 3. The summed E-state index contributed by atoms with van der Waals surface area (Å²) < 4.78 is 0. The second-order valence-corrected chi connectivity index (χ2v) is 5.48. The molecule has 3 heteroatoms. The highest BCUT2D eigenvalue weighted by molar-refractivity contribution is 6.05. The van der Waals surface area contributed by atoms with Gasteiger partial charge in [0.1, 0.15) is 5.78 Å². The number of carbonyl (C=O) groups is 1. The molecule has 0 spiro atoms. The van der Waals surface area contributed by atoms with E-state index in [1.807, 2.05) is 36.5 Å². The summed E-state index contributed by atoms with van der Waals surface area (Å²) in [6.45, 7) is 0.609. The fraction of sp³-hybridized carbons (Fsp3) is 0.278. The van der Waals surface area contributed by atoms with Crippen molar-refractivity contribution in [2.24, 2.45) is 4.99 Å². The maximum absolute atomic E-state index is 12.0. The number of ketones is 1. The highest BCUT2D eigenvalue weighted by Gasteiger charge is 2.24. The molecule has 21 heavy (non-hydrogen) atoms. The Morgan fingerprint density at radius 2 is 1.95 bits per heavy atom. The quantitative estimate of drug-likeness (QED) is 0.861. The number of carbonyl (C=O) groups excluding carboxylic acids is 1. The van der Waals surface area contributed by atoms with Gasteiger partial charge < -0.3 is 0 Å². The van der Waals surface area contributed by atoms with Crippen molar-refractivity contribution in [2.75, 3.05) is 0 Å². The Hall–Kier alpha value is -2.29. The molecular formula is C18H18N2O. The molecule has 0 radical (unpaired) electrons. The molecule has 0 unspecified atom stereocenters. The van der Waals surface area contributed by atoms with Crippen LogP contribution in [0.4, 0.5) is 0 Å². The maximum atomic E-state index is 12.0. The van der Waals surface area contributed by atoms with Gasteiger partial charge in [-0.3, -0.25) is 14.8 Å². The van der Waals surface area contributed by atoms with E-state index in [2.05, 4.69) is 22.1 Å². The molecule has 1 aromatic carbocycles. The van der Waals surface area contributed by atoms with Crippen LogP contribution in [0.5, 0.6) is 0 Å². The van der Waals surface area contributed by atoms with E-state index in [0.29, 0.717) is 25.2 Å². The van der Waals surface area contributed by atoms with Crippen LogP contribution < -0.4 is 0 Å². The van der Waals surface area contributed by atoms with E-state index < -0.39 is 0 Å². The van der Waals surface area contributed by atoms with Crippen molar-refractivity contribution in [3.8, 4) is 0 Å². The molecule has 1 aliphatic rings. The van der Waals surface area contributed by atoms with Crippen molar-refractivity contribution < 1.29 is 4.79 Å². The van der Waals surface area contributed by atoms with Crippen molar-refractivity contribution in [3.05, 3.63) is 66.0 Å². The summed E-state index contributed by atoms with van der Waals surface area (Å²) in [5.74, 6) is 0.570. The van der Waals surface area contributed by atoms with E-state index in [1.54, 1.807) is 6.20 Å². The zero-order valence-electron chi connectivity index (χ0n) is 11.9. The molecule has 1 aliphatic carbocycles. The van der Waals surface area contributed by atoms with Gasteiger partial charge in [-0.2, -0.15) is 0 Å². The van der Waals surface area contributed by atoms with Gasteiger partial charge in [-0.15, -0.1) is 0 Å². The summed E-state index contributed by atoms with van der Waals surface area (Å²) in [6.07, 6.45) is 5.60. The monoisotopic (exact) mass is 278 g/mol. The summed E-state index contributed by atoms with van der Waals surface area (Å²) in [6, 6.07) is 14.2. The number of Topliss-reactive ketones (excluding diaryl/α,β-unsaturated/α-hetero) is 1. The Bertz CT molecular complexity index is 635. The molecule has 0 saturated heterocycles. The minimum absolute atomic E-state index is 0.278. The summed E-state index contributed by atoms with van der Waals surface area (Å²) in [7, 11) is 0. The number of hydrogen-bond donors (Lipinski definition) is 0. The number of benzene rings is 1. The van der Waals surface area contributed by atoms with Gasteiger partial charge in [0, 0.05) is 30.9 Å². The number of aromatic nitrogens is 1. The lowest BCUT2D eigenvalue weighted by atomic mass is 9.82. The van der Waals surface area contributed by atoms with Gasteiger partial charge in [-0.25, -0.2) is 0 Å². The van der Waals surface area contributed by atoms with Gasteiger partial charge in [0.2, 0.25) is 0 Å². The van der Waals surface area contributed by atoms with Crippen LogP contribution in [0, 0.1) is 0 Å². The standard InChI is InChI=1S/C18H18N2O/c21-18-10-16(15-6-2-1-3-7-15)9-17(11-18)20-13-14-5-4-8-19-12-14/h1-8,12,16H,9-11,13H2/t16-/m0/s1. The molecule has 0 bridgehead atoms. The molecule has 1 aromatic heterocycles. The summed E-state index contributed by atoms with van der Waals surface area (Å²) in [4.78, 5) is 20.7. The van der Waals surface area contributed by atoms with Crippen molar-refractivity contribution in [3.63, 3.8) is 0 Å². The number of pyridine rings is 1. The van der Waals surface area contributed by atoms with E-state index in [-0.39, 0.29) is 5.92 Å². The zero-order chi connectivity index (χ0) is 14.5. The van der Waals surface area contributed by atoms with Gasteiger partial charge in [-0.05, 0) is 29.5 Å². The third-order valence-electron chi connectivity index (χ3n) is 3.84. The van der Waals surface area contributed by atoms with E-state index in [4.69, 9.17) is 0 Å². The molecule has 1 heterocycles. The van der Waals surface area contributed by atoms with Crippen LogP contribution in [0.25, 0.3) is 0 Å².